The van der Waals surface area contributed by atoms with E-state index in [2.05, 4.69) is 15.0 Å². The zero-order chi connectivity index (χ0) is 16.2. The monoisotopic (exact) mass is 327 g/mol. The highest BCUT2D eigenvalue weighted by molar-refractivity contribution is 5.53. The van der Waals surface area contributed by atoms with E-state index in [1.807, 2.05) is 30.3 Å². The van der Waals surface area contributed by atoms with Crippen LogP contribution in [-0.4, -0.2) is 41.3 Å². The highest BCUT2D eigenvalue weighted by Crippen LogP contribution is 2.28. The fraction of sp³-hybridized carbons (Fsp3) is 0.579. The summed E-state index contributed by atoms with van der Waals surface area (Å²) in [4.78, 5) is 7.07. The first-order chi connectivity index (χ1) is 11.9. The van der Waals surface area contributed by atoms with Gasteiger partial charge in [0.2, 0.25) is 5.82 Å². The number of rotatable bonds is 4. The van der Waals surface area contributed by atoms with Gasteiger partial charge in [-0.1, -0.05) is 54.8 Å². The average molecular weight is 327 g/mol. The van der Waals surface area contributed by atoms with Gasteiger partial charge < -0.3 is 9.26 Å². The molecule has 24 heavy (non-hydrogen) atoms. The quantitative estimate of drug-likeness (QED) is 0.857. The van der Waals surface area contributed by atoms with E-state index in [4.69, 9.17) is 9.26 Å². The SMILES string of the molecule is c1ccc(-c2noc(C3CN(CC4CCCCC4)CCO3)n2)cc1. The van der Waals surface area contributed by atoms with Crippen molar-refractivity contribution in [3.63, 3.8) is 0 Å². The Morgan fingerprint density at radius 1 is 1.08 bits per heavy atom. The van der Waals surface area contributed by atoms with Gasteiger partial charge in [-0.15, -0.1) is 0 Å². The third-order valence-corrected chi connectivity index (χ3v) is 5.14. The Bertz CT molecular complexity index is 637. The average Bonchev–Trinajstić information content (AvgIpc) is 3.14. The van der Waals surface area contributed by atoms with Gasteiger partial charge in [-0.2, -0.15) is 4.98 Å². The van der Waals surface area contributed by atoms with Crippen LogP contribution in [0.1, 0.15) is 44.1 Å². The summed E-state index contributed by atoms with van der Waals surface area (Å²) < 4.78 is 11.4. The topological polar surface area (TPSA) is 51.4 Å². The maximum atomic E-state index is 5.89. The Hall–Kier alpha value is -1.72. The molecule has 0 N–H and O–H groups in total. The lowest BCUT2D eigenvalue weighted by atomic mass is 9.89. The lowest BCUT2D eigenvalue weighted by Crippen LogP contribution is -2.41. The van der Waals surface area contributed by atoms with Crippen LogP contribution in [0.5, 0.6) is 0 Å². The minimum absolute atomic E-state index is 0.104. The second-order valence-corrected chi connectivity index (χ2v) is 6.95. The number of ether oxygens (including phenoxy) is 1. The maximum Gasteiger partial charge on any atom is 0.257 e. The first kappa shape index (κ1) is 15.8. The number of aromatic nitrogens is 2. The van der Waals surface area contributed by atoms with Gasteiger partial charge in [0.05, 0.1) is 6.61 Å². The molecule has 5 heteroatoms. The van der Waals surface area contributed by atoms with Crippen molar-refractivity contribution < 1.29 is 9.26 Å². The number of morpholine rings is 1. The van der Waals surface area contributed by atoms with Crippen molar-refractivity contribution in [2.24, 2.45) is 5.92 Å². The maximum absolute atomic E-state index is 5.89. The summed E-state index contributed by atoms with van der Waals surface area (Å²) in [5, 5.41) is 4.12. The van der Waals surface area contributed by atoms with Crippen LogP contribution in [0.25, 0.3) is 11.4 Å². The normalized spacial score (nSPS) is 23.4. The molecule has 4 rings (SSSR count). The van der Waals surface area contributed by atoms with E-state index in [9.17, 15) is 0 Å². The van der Waals surface area contributed by atoms with E-state index in [1.54, 1.807) is 0 Å². The molecule has 1 unspecified atom stereocenters. The van der Waals surface area contributed by atoms with Crippen molar-refractivity contribution in [3.05, 3.63) is 36.2 Å². The van der Waals surface area contributed by atoms with Crippen LogP contribution in [0.3, 0.4) is 0 Å². The molecule has 2 aromatic rings. The molecule has 0 spiro atoms. The van der Waals surface area contributed by atoms with E-state index >= 15 is 0 Å². The Kier molecular flexibility index (Phi) is 4.90. The fourth-order valence-corrected chi connectivity index (χ4v) is 3.82. The summed E-state index contributed by atoms with van der Waals surface area (Å²) >= 11 is 0. The summed E-state index contributed by atoms with van der Waals surface area (Å²) in [5.41, 5.74) is 0.974. The van der Waals surface area contributed by atoms with E-state index < -0.39 is 0 Å². The van der Waals surface area contributed by atoms with E-state index in [0.717, 1.165) is 31.2 Å². The van der Waals surface area contributed by atoms with E-state index in [0.29, 0.717) is 11.7 Å². The molecule has 1 atom stereocenters. The van der Waals surface area contributed by atoms with Crippen LogP contribution in [0, 0.1) is 5.92 Å². The van der Waals surface area contributed by atoms with Gasteiger partial charge in [-0.25, -0.2) is 0 Å². The van der Waals surface area contributed by atoms with Gasteiger partial charge in [0.15, 0.2) is 0 Å². The van der Waals surface area contributed by atoms with Crippen molar-refractivity contribution in [1.29, 1.82) is 0 Å². The highest BCUT2D eigenvalue weighted by Gasteiger charge is 2.28. The van der Waals surface area contributed by atoms with Crippen molar-refractivity contribution in [2.75, 3.05) is 26.2 Å². The number of hydrogen-bond donors (Lipinski definition) is 0. The molecule has 1 aromatic carbocycles. The van der Waals surface area contributed by atoms with Crippen LogP contribution >= 0.6 is 0 Å². The summed E-state index contributed by atoms with van der Waals surface area (Å²) in [5.74, 6) is 2.08. The summed E-state index contributed by atoms with van der Waals surface area (Å²) in [7, 11) is 0. The lowest BCUT2D eigenvalue weighted by Gasteiger charge is -2.34. The summed E-state index contributed by atoms with van der Waals surface area (Å²) in [6.07, 6.45) is 6.84. The molecular weight excluding hydrogens is 302 g/mol. The van der Waals surface area contributed by atoms with Crippen LogP contribution < -0.4 is 0 Å². The minimum Gasteiger partial charge on any atom is -0.366 e. The molecule has 5 nitrogen and oxygen atoms in total. The standard InChI is InChI=1S/C19H25N3O2/c1-3-7-15(8-4-1)13-22-11-12-23-17(14-22)19-20-18(21-24-19)16-9-5-2-6-10-16/h2,5-6,9-10,15,17H,1,3-4,7-8,11-14H2. The third-order valence-electron chi connectivity index (χ3n) is 5.14. The summed E-state index contributed by atoms with van der Waals surface area (Å²) in [6.45, 7) is 3.78. The molecule has 2 aliphatic rings. The Morgan fingerprint density at radius 3 is 2.75 bits per heavy atom. The predicted molar refractivity (Wildman–Crippen MR) is 91.4 cm³/mol. The molecule has 2 fully saturated rings. The molecule has 1 saturated carbocycles. The van der Waals surface area contributed by atoms with Gasteiger partial charge in [0.25, 0.3) is 5.89 Å². The molecule has 1 saturated heterocycles. The van der Waals surface area contributed by atoms with Crippen molar-refractivity contribution >= 4 is 0 Å². The number of nitrogens with zero attached hydrogens (tertiary/aromatic N) is 3. The Labute approximate surface area is 143 Å². The molecule has 0 amide bonds. The minimum atomic E-state index is -0.104. The molecule has 1 aromatic heterocycles. The molecule has 128 valence electrons. The first-order valence-electron chi connectivity index (χ1n) is 9.11. The third kappa shape index (κ3) is 3.68. The number of benzene rings is 1. The van der Waals surface area contributed by atoms with Crippen molar-refractivity contribution in [1.82, 2.24) is 15.0 Å². The van der Waals surface area contributed by atoms with Gasteiger partial charge in [-0.3, -0.25) is 4.90 Å². The van der Waals surface area contributed by atoms with Crippen LogP contribution in [0.15, 0.2) is 34.9 Å². The van der Waals surface area contributed by atoms with Crippen LogP contribution in [0.2, 0.25) is 0 Å². The fourth-order valence-electron chi connectivity index (χ4n) is 3.82. The van der Waals surface area contributed by atoms with Crippen molar-refractivity contribution in [3.8, 4) is 11.4 Å². The second-order valence-electron chi connectivity index (χ2n) is 6.95. The summed E-state index contributed by atoms with van der Waals surface area (Å²) in [6, 6.07) is 9.93. The molecule has 1 aliphatic carbocycles. The lowest BCUT2D eigenvalue weighted by molar-refractivity contribution is -0.0499. The molecule has 2 heterocycles. The molecule has 0 radical (unpaired) electrons. The highest BCUT2D eigenvalue weighted by atomic mass is 16.5. The molecule has 1 aliphatic heterocycles. The Morgan fingerprint density at radius 2 is 1.92 bits per heavy atom. The van der Waals surface area contributed by atoms with Gasteiger partial charge in [-0.05, 0) is 18.8 Å². The van der Waals surface area contributed by atoms with E-state index in [-0.39, 0.29) is 6.10 Å². The molecular formula is C19H25N3O2. The van der Waals surface area contributed by atoms with Crippen LogP contribution in [-0.2, 0) is 4.74 Å². The van der Waals surface area contributed by atoms with Gasteiger partial charge >= 0.3 is 0 Å². The zero-order valence-corrected chi connectivity index (χ0v) is 14.1. The zero-order valence-electron chi connectivity index (χ0n) is 14.1. The Balaban J connectivity index is 1.40. The predicted octanol–water partition coefficient (Wildman–Crippen LogP) is 3.69. The van der Waals surface area contributed by atoms with Gasteiger partial charge in [0, 0.05) is 25.2 Å². The smallest absolute Gasteiger partial charge is 0.257 e. The van der Waals surface area contributed by atoms with Gasteiger partial charge in [0.1, 0.15) is 6.10 Å². The van der Waals surface area contributed by atoms with E-state index in [1.165, 1.54) is 38.6 Å². The second kappa shape index (κ2) is 7.45. The molecule has 0 bridgehead atoms. The number of hydrogen-bond acceptors (Lipinski definition) is 5. The largest absolute Gasteiger partial charge is 0.366 e. The van der Waals surface area contributed by atoms with Crippen LogP contribution in [0.4, 0.5) is 0 Å². The van der Waals surface area contributed by atoms with Crippen molar-refractivity contribution in [2.45, 2.75) is 38.2 Å². The first-order valence-corrected chi connectivity index (χ1v) is 9.11.